The molecule has 14 rings (SSSR count). The molecule has 4 heteroatoms. The molecule has 12 aromatic rings. The first-order valence-electron chi connectivity index (χ1n) is 26.3. The molecule has 0 saturated heterocycles. The van der Waals surface area contributed by atoms with Crippen LogP contribution in [0.25, 0.3) is 65.3 Å². The van der Waals surface area contributed by atoms with Gasteiger partial charge < -0.3 is 18.9 Å². The first kappa shape index (κ1) is 46.4. The van der Waals surface area contributed by atoms with E-state index < -0.39 is 10.8 Å². The van der Waals surface area contributed by atoms with Crippen LogP contribution in [0, 0.1) is 0 Å². The van der Waals surface area contributed by atoms with Crippen LogP contribution in [-0.4, -0.2) is 0 Å². The third-order valence-electron chi connectivity index (χ3n) is 16.0. The van der Waals surface area contributed by atoms with Crippen LogP contribution < -0.4 is 18.9 Å². The monoisotopic (exact) mass is 1000 g/mol. The Hall–Kier alpha value is -10.2. The maximum absolute atomic E-state index is 6.26. The molecule has 78 heavy (non-hydrogen) atoms. The Bertz CT molecular complexity index is 4400. The maximum Gasteiger partial charge on any atom is 0.126 e. The van der Waals surface area contributed by atoms with Gasteiger partial charge in [0.2, 0.25) is 0 Å². The maximum atomic E-state index is 6.26. The minimum atomic E-state index is -0.655. The van der Waals surface area contributed by atoms with Crippen molar-refractivity contribution in [1.82, 2.24) is 0 Å². The topological polar surface area (TPSA) is 36.9 Å². The van der Waals surface area contributed by atoms with Gasteiger partial charge in [0.25, 0.3) is 0 Å². The van der Waals surface area contributed by atoms with E-state index in [1.165, 1.54) is 100 Å². The first-order valence-corrected chi connectivity index (χ1v) is 26.3. The van der Waals surface area contributed by atoms with Crippen molar-refractivity contribution in [3.05, 3.63) is 338 Å². The average molecular weight is 1000 g/mol. The molecule has 2 aliphatic rings. The largest absolute Gasteiger partial charge is 0.466 e. The second-order valence-corrected chi connectivity index (χ2v) is 20.0. The van der Waals surface area contributed by atoms with Crippen molar-refractivity contribution >= 4 is 43.1 Å². The van der Waals surface area contributed by atoms with E-state index in [4.69, 9.17) is 18.9 Å². The Morgan fingerprint density at radius 3 is 1.18 bits per heavy atom. The van der Waals surface area contributed by atoms with Gasteiger partial charge in [0.05, 0.1) is 35.9 Å². The number of allylic oxidation sites excluding steroid dienone is 2. The van der Waals surface area contributed by atoms with E-state index in [0.717, 1.165) is 33.8 Å². The molecular formula is C74H50O4. The minimum absolute atomic E-state index is 0.639. The van der Waals surface area contributed by atoms with Crippen molar-refractivity contribution in [2.45, 2.75) is 10.8 Å². The van der Waals surface area contributed by atoms with Gasteiger partial charge >= 0.3 is 0 Å². The zero-order valence-corrected chi connectivity index (χ0v) is 42.6. The molecule has 0 aliphatic heterocycles. The molecule has 0 aromatic heterocycles. The summed E-state index contributed by atoms with van der Waals surface area (Å²) in [5.41, 5.74) is 13.2. The molecule has 0 bridgehead atoms. The van der Waals surface area contributed by atoms with Gasteiger partial charge in [-0.2, -0.15) is 0 Å². The van der Waals surface area contributed by atoms with E-state index >= 15 is 0 Å². The molecule has 2 atom stereocenters. The summed E-state index contributed by atoms with van der Waals surface area (Å²) >= 11 is 0. The molecule has 0 fully saturated rings. The predicted octanol–water partition coefficient (Wildman–Crippen LogP) is 18.6. The molecular weight excluding hydrogens is 953 g/mol. The number of fused-ring (bicyclic) bond motifs is 12. The van der Waals surface area contributed by atoms with E-state index in [9.17, 15) is 0 Å². The summed E-state index contributed by atoms with van der Waals surface area (Å²) in [5, 5.41) is 9.65. The SMILES string of the molecule is C=COc1ccc(C2(c3ccc(O/C=C/C=C/Oc4ccc(C5(c6ccc(OC=C)cc6)c6cc7ccccc7cc6-c6ccc7ccccc7c65)cc4)cc3)c3cc4ccccc4cc3-c3c2ccc2ccccc32)cc1. The Labute approximate surface area is 453 Å². The highest BCUT2D eigenvalue weighted by atomic mass is 16.5. The van der Waals surface area contributed by atoms with Crippen molar-refractivity contribution in [1.29, 1.82) is 0 Å². The molecule has 0 radical (unpaired) electrons. The van der Waals surface area contributed by atoms with Crippen molar-refractivity contribution in [2.24, 2.45) is 0 Å². The minimum Gasteiger partial charge on any atom is -0.466 e. The van der Waals surface area contributed by atoms with Crippen LogP contribution in [0.3, 0.4) is 0 Å². The molecule has 4 nitrogen and oxygen atoms in total. The van der Waals surface area contributed by atoms with Gasteiger partial charge in [-0.1, -0.05) is 183 Å². The van der Waals surface area contributed by atoms with Gasteiger partial charge in [-0.3, -0.25) is 0 Å². The average Bonchev–Trinajstić information content (AvgIpc) is 4.06. The van der Waals surface area contributed by atoms with Crippen molar-refractivity contribution in [3.63, 3.8) is 0 Å². The highest BCUT2D eigenvalue weighted by molar-refractivity contribution is 6.07. The van der Waals surface area contributed by atoms with Gasteiger partial charge in [-0.05, 0) is 195 Å². The first-order chi connectivity index (χ1) is 38.6. The summed E-state index contributed by atoms with van der Waals surface area (Å²) in [6, 6.07) is 87.3. The zero-order valence-electron chi connectivity index (χ0n) is 42.6. The van der Waals surface area contributed by atoms with Crippen molar-refractivity contribution in [3.8, 4) is 45.3 Å². The highest BCUT2D eigenvalue weighted by Crippen LogP contribution is 2.61. The molecule has 0 heterocycles. The second-order valence-electron chi connectivity index (χ2n) is 20.0. The smallest absolute Gasteiger partial charge is 0.126 e. The molecule has 0 amide bonds. The summed E-state index contributed by atoms with van der Waals surface area (Å²) in [5.74, 6) is 2.90. The Balaban J connectivity index is 0.770. The van der Waals surface area contributed by atoms with Gasteiger partial charge in [0.1, 0.15) is 23.0 Å². The number of hydrogen-bond acceptors (Lipinski definition) is 4. The lowest BCUT2D eigenvalue weighted by atomic mass is 9.66. The third kappa shape index (κ3) is 7.29. The van der Waals surface area contributed by atoms with Gasteiger partial charge in [0.15, 0.2) is 0 Å². The molecule has 370 valence electrons. The quantitative estimate of drug-likeness (QED) is 0.0852. The van der Waals surface area contributed by atoms with E-state index in [-0.39, 0.29) is 0 Å². The van der Waals surface area contributed by atoms with Gasteiger partial charge in [-0.25, -0.2) is 0 Å². The third-order valence-corrected chi connectivity index (χ3v) is 16.0. The Morgan fingerprint density at radius 1 is 0.295 bits per heavy atom. The van der Waals surface area contributed by atoms with Crippen LogP contribution in [0.15, 0.2) is 293 Å². The number of hydrogen-bond donors (Lipinski definition) is 0. The fraction of sp³-hybridized carbons (Fsp3) is 0.0270. The van der Waals surface area contributed by atoms with Crippen LogP contribution in [0.2, 0.25) is 0 Å². The van der Waals surface area contributed by atoms with Crippen molar-refractivity contribution < 1.29 is 18.9 Å². The van der Waals surface area contributed by atoms with Crippen LogP contribution in [-0.2, 0) is 10.8 Å². The summed E-state index contributed by atoms with van der Waals surface area (Å²) in [4.78, 5) is 0. The van der Waals surface area contributed by atoms with Gasteiger partial charge in [-0.15, -0.1) is 0 Å². The second kappa shape index (κ2) is 18.9. The highest BCUT2D eigenvalue weighted by Gasteiger charge is 2.49. The molecule has 0 N–H and O–H groups in total. The van der Waals surface area contributed by atoms with Crippen LogP contribution in [0.4, 0.5) is 0 Å². The summed E-state index contributed by atoms with van der Waals surface area (Å²) in [6.45, 7) is 7.59. The summed E-state index contributed by atoms with van der Waals surface area (Å²) in [7, 11) is 0. The zero-order chi connectivity index (χ0) is 52.2. The number of benzene rings is 12. The summed E-state index contributed by atoms with van der Waals surface area (Å²) in [6.07, 6.45) is 9.98. The van der Waals surface area contributed by atoms with E-state index in [1.54, 1.807) is 12.5 Å². The lowest BCUT2D eigenvalue weighted by Gasteiger charge is -2.35. The fourth-order valence-corrected chi connectivity index (χ4v) is 12.8. The molecule has 0 saturated carbocycles. The van der Waals surface area contributed by atoms with Gasteiger partial charge in [0, 0.05) is 0 Å². The number of ether oxygens (including phenoxy) is 4. The van der Waals surface area contributed by atoms with Crippen LogP contribution in [0.5, 0.6) is 23.0 Å². The Morgan fingerprint density at radius 2 is 0.679 bits per heavy atom. The standard InChI is InChI=1S/C74H50O4/c1-3-75-59-33-25-55(26-34-59)73(68-42-24-49-15-9-11-21-63(49)71(68)67-46-52-18-6-8-20-54(52)48-70(67)73)56-27-37-61(38-28-56)77-43-13-14-44-78-62-39-31-58(32-40-62)74(57-29-35-60(36-30-57)76-4-2)69-47-53-19-7-5-17-51(53)45-66(69)65-41-23-50-16-10-12-22-64(50)72(65)74/h3-48H,1-2H2/b43-13+,44-14+. The van der Waals surface area contributed by atoms with Crippen molar-refractivity contribution in [2.75, 3.05) is 0 Å². The summed E-state index contributed by atoms with van der Waals surface area (Å²) < 4.78 is 24.0. The molecule has 2 aliphatic carbocycles. The predicted molar refractivity (Wildman–Crippen MR) is 319 cm³/mol. The van der Waals surface area contributed by atoms with Crippen LogP contribution >= 0.6 is 0 Å². The molecule has 12 aromatic carbocycles. The normalized spacial score (nSPS) is 16.1. The number of rotatable bonds is 13. The van der Waals surface area contributed by atoms with E-state index in [2.05, 4.69) is 232 Å². The van der Waals surface area contributed by atoms with E-state index in [0.29, 0.717) is 11.5 Å². The molecule has 2 unspecified atom stereocenters. The van der Waals surface area contributed by atoms with E-state index in [1.807, 2.05) is 36.4 Å². The molecule has 0 spiro atoms. The lowest BCUT2D eigenvalue weighted by Crippen LogP contribution is -2.29. The van der Waals surface area contributed by atoms with Crippen LogP contribution in [0.1, 0.15) is 44.5 Å². The Kier molecular flexibility index (Phi) is 11.2. The lowest BCUT2D eigenvalue weighted by molar-refractivity contribution is 0.475. The fourth-order valence-electron chi connectivity index (χ4n) is 12.8.